The van der Waals surface area contributed by atoms with E-state index in [1.807, 2.05) is 0 Å². The first-order chi connectivity index (χ1) is 8.98. The zero-order valence-electron chi connectivity index (χ0n) is 10.4. The number of hydrogen-bond acceptors (Lipinski definition) is 5. The Morgan fingerprint density at radius 1 is 1.58 bits per heavy atom. The molecule has 0 saturated carbocycles. The van der Waals surface area contributed by atoms with Crippen molar-refractivity contribution in [3.8, 4) is 5.88 Å². The molecule has 2 rings (SSSR count). The number of pyridine rings is 1. The highest BCUT2D eigenvalue weighted by Gasteiger charge is 2.40. The maximum Gasteiger partial charge on any atom is 0.245 e. The Hall–Kier alpha value is -1.25. The first kappa shape index (κ1) is 14.2. The highest BCUT2D eigenvalue weighted by molar-refractivity contribution is 7.89. The Morgan fingerprint density at radius 2 is 2.32 bits per heavy atom. The zero-order chi connectivity index (χ0) is 14.0. The predicted octanol–water partition coefficient (Wildman–Crippen LogP) is 0.184. The number of aliphatic hydroxyl groups excluding tert-OH is 1. The van der Waals surface area contributed by atoms with Gasteiger partial charge in [0.1, 0.15) is 11.1 Å². The smallest absolute Gasteiger partial charge is 0.245 e. The van der Waals surface area contributed by atoms with Gasteiger partial charge in [0.05, 0.1) is 26.0 Å². The lowest BCUT2D eigenvalue weighted by atomic mass is 10.2. The van der Waals surface area contributed by atoms with Crippen LogP contribution < -0.4 is 4.74 Å². The van der Waals surface area contributed by atoms with Crippen molar-refractivity contribution in [1.29, 1.82) is 0 Å². The first-order valence-corrected chi connectivity index (χ1v) is 7.20. The Kier molecular flexibility index (Phi) is 4.02. The van der Waals surface area contributed by atoms with Crippen molar-refractivity contribution in [3.63, 3.8) is 0 Å². The summed E-state index contributed by atoms with van der Waals surface area (Å²) in [6, 6.07) is 2.05. The van der Waals surface area contributed by atoms with Crippen LogP contribution in [0.25, 0.3) is 0 Å². The van der Waals surface area contributed by atoms with Crippen LogP contribution in [0.5, 0.6) is 5.88 Å². The molecule has 1 saturated heterocycles. The third kappa shape index (κ3) is 2.70. The molecule has 1 N–H and O–H groups in total. The normalized spacial score (nSPS) is 24.6. The Bertz CT molecular complexity index is 534. The van der Waals surface area contributed by atoms with Crippen LogP contribution in [0.15, 0.2) is 23.2 Å². The fourth-order valence-corrected chi connectivity index (χ4v) is 3.67. The quantitative estimate of drug-likeness (QED) is 0.856. The Labute approximate surface area is 110 Å². The number of methoxy groups -OCH3 is 1. The summed E-state index contributed by atoms with van der Waals surface area (Å²) >= 11 is 0. The summed E-state index contributed by atoms with van der Waals surface area (Å²) < 4.78 is 43.8. The summed E-state index contributed by atoms with van der Waals surface area (Å²) in [5, 5.41) is 9.14. The SMILES string of the molecule is COc1ccc(S(=O)(=O)N2C[C@@H](F)C[C@H]2CO)cn1. The minimum Gasteiger partial charge on any atom is -0.481 e. The molecule has 0 unspecified atom stereocenters. The van der Waals surface area contributed by atoms with Gasteiger partial charge in [-0.05, 0) is 12.5 Å². The second-order valence-electron chi connectivity index (χ2n) is 4.28. The topological polar surface area (TPSA) is 79.7 Å². The molecule has 0 bridgehead atoms. The molecule has 1 aliphatic heterocycles. The van der Waals surface area contributed by atoms with Crippen molar-refractivity contribution in [2.75, 3.05) is 20.3 Å². The molecule has 6 nitrogen and oxygen atoms in total. The van der Waals surface area contributed by atoms with Gasteiger partial charge in [-0.15, -0.1) is 0 Å². The number of ether oxygens (including phenoxy) is 1. The molecule has 8 heteroatoms. The monoisotopic (exact) mass is 290 g/mol. The minimum absolute atomic E-state index is 0.0132. The van der Waals surface area contributed by atoms with Crippen molar-refractivity contribution in [1.82, 2.24) is 9.29 Å². The van der Waals surface area contributed by atoms with Crippen molar-refractivity contribution in [2.45, 2.75) is 23.5 Å². The molecular weight excluding hydrogens is 275 g/mol. The number of sulfonamides is 1. The third-order valence-corrected chi connectivity index (χ3v) is 4.95. The van der Waals surface area contributed by atoms with E-state index < -0.39 is 28.8 Å². The lowest BCUT2D eigenvalue weighted by Crippen LogP contribution is -2.37. The van der Waals surface area contributed by atoms with Crippen molar-refractivity contribution >= 4 is 10.0 Å². The van der Waals surface area contributed by atoms with Gasteiger partial charge in [0.25, 0.3) is 0 Å². The fraction of sp³-hybridized carbons (Fsp3) is 0.545. The van der Waals surface area contributed by atoms with Crippen LogP contribution in [-0.4, -0.2) is 55.3 Å². The molecule has 2 heterocycles. The molecule has 19 heavy (non-hydrogen) atoms. The van der Waals surface area contributed by atoms with Crippen molar-refractivity contribution < 1.29 is 22.7 Å². The molecule has 1 aliphatic rings. The number of alkyl halides is 1. The molecule has 1 fully saturated rings. The number of aliphatic hydroxyl groups is 1. The zero-order valence-corrected chi connectivity index (χ0v) is 11.2. The van der Waals surface area contributed by atoms with Gasteiger partial charge >= 0.3 is 0 Å². The van der Waals surface area contributed by atoms with E-state index in [2.05, 4.69) is 4.98 Å². The van der Waals surface area contributed by atoms with Gasteiger partial charge in [0.2, 0.25) is 15.9 Å². The van der Waals surface area contributed by atoms with E-state index in [0.29, 0.717) is 5.88 Å². The van der Waals surface area contributed by atoms with Gasteiger partial charge < -0.3 is 9.84 Å². The number of rotatable bonds is 4. The van der Waals surface area contributed by atoms with Crippen molar-refractivity contribution in [2.24, 2.45) is 0 Å². The summed E-state index contributed by atoms with van der Waals surface area (Å²) in [4.78, 5) is 3.78. The number of nitrogens with zero attached hydrogens (tertiary/aromatic N) is 2. The van der Waals surface area contributed by atoms with Crippen LogP contribution in [0, 0.1) is 0 Å². The standard InChI is InChI=1S/C11H15FN2O4S/c1-18-11-3-2-10(5-13-11)19(16,17)14-6-8(12)4-9(14)7-15/h2-3,5,8-9,15H,4,6-7H2,1H3/t8-,9-/m0/s1. The molecule has 1 aromatic heterocycles. The largest absolute Gasteiger partial charge is 0.481 e. The second kappa shape index (κ2) is 5.40. The maximum atomic E-state index is 13.3. The predicted molar refractivity (Wildman–Crippen MR) is 65.1 cm³/mol. The summed E-state index contributed by atoms with van der Waals surface area (Å²) in [5.74, 6) is 0.294. The van der Waals surface area contributed by atoms with Gasteiger partial charge in [-0.1, -0.05) is 0 Å². The highest BCUT2D eigenvalue weighted by Crippen LogP contribution is 2.27. The molecule has 2 atom stereocenters. The van der Waals surface area contributed by atoms with Crippen LogP contribution in [0.1, 0.15) is 6.42 Å². The molecule has 0 aliphatic carbocycles. The van der Waals surface area contributed by atoms with Gasteiger partial charge in [0, 0.05) is 12.6 Å². The van der Waals surface area contributed by atoms with Gasteiger partial charge in [-0.25, -0.2) is 17.8 Å². The van der Waals surface area contributed by atoms with Gasteiger partial charge in [-0.3, -0.25) is 0 Å². The van der Waals surface area contributed by atoms with E-state index in [1.54, 1.807) is 0 Å². The number of hydrogen-bond donors (Lipinski definition) is 1. The van der Waals surface area contributed by atoms with E-state index in [0.717, 1.165) is 10.5 Å². The molecule has 106 valence electrons. The summed E-state index contributed by atoms with van der Waals surface area (Å²) in [5.41, 5.74) is 0. The van der Waals surface area contributed by atoms with Crippen LogP contribution in [0.3, 0.4) is 0 Å². The Balaban J connectivity index is 2.30. The molecular formula is C11H15FN2O4S. The van der Waals surface area contributed by atoms with Crippen LogP contribution in [0.4, 0.5) is 4.39 Å². The molecule has 0 radical (unpaired) electrons. The minimum atomic E-state index is -3.84. The average Bonchev–Trinajstić information content (AvgIpc) is 2.81. The average molecular weight is 290 g/mol. The Morgan fingerprint density at radius 3 is 2.84 bits per heavy atom. The number of aromatic nitrogens is 1. The highest BCUT2D eigenvalue weighted by atomic mass is 32.2. The van der Waals surface area contributed by atoms with E-state index in [-0.39, 0.29) is 17.9 Å². The lowest BCUT2D eigenvalue weighted by Gasteiger charge is -2.21. The molecule has 0 spiro atoms. The van der Waals surface area contributed by atoms with E-state index in [1.165, 1.54) is 19.2 Å². The first-order valence-electron chi connectivity index (χ1n) is 5.76. The molecule has 0 amide bonds. The van der Waals surface area contributed by atoms with E-state index in [4.69, 9.17) is 9.84 Å². The third-order valence-electron chi connectivity index (χ3n) is 3.05. The van der Waals surface area contributed by atoms with Crippen LogP contribution in [0.2, 0.25) is 0 Å². The fourth-order valence-electron chi connectivity index (χ4n) is 2.07. The summed E-state index contributed by atoms with van der Waals surface area (Å²) in [7, 11) is -2.42. The van der Waals surface area contributed by atoms with Crippen LogP contribution >= 0.6 is 0 Å². The van der Waals surface area contributed by atoms with Crippen LogP contribution in [-0.2, 0) is 10.0 Å². The summed E-state index contributed by atoms with van der Waals surface area (Å²) in [6.07, 6.45) is -0.0776. The second-order valence-corrected chi connectivity index (χ2v) is 6.17. The molecule has 0 aromatic carbocycles. The summed E-state index contributed by atoms with van der Waals surface area (Å²) in [6.45, 7) is -0.636. The maximum absolute atomic E-state index is 13.3. The van der Waals surface area contributed by atoms with Gasteiger partial charge in [-0.2, -0.15) is 4.31 Å². The van der Waals surface area contributed by atoms with E-state index in [9.17, 15) is 12.8 Å². The number of halogens is 1. The lowest BCUT2D eigenvalue weighted by molar-refractivity contribution is 0.213. The van der Waals surface area contributed by atoms with Crippen molar-refractivity contribution in [3.05, 3.63) is 18.3 Å². The molecule has 1 aromatic rings. The van der Waals surface area contributed by atoms with Gasteiger partial charge in [0.15, 0.2) is 0 Å². The van der Waals surface area contributed by atoms with E-state index >= 15 is 0 Å².